The first-order valence-corrected chi connectivity index (χ1v) is 7.99. The number of nitrogens with zero attached hydrogens (tertiary/aromatic N) is 1. The molecule has 0 aliphatic rings. The lowest BCUT2D eigenvalue weighted by molar-refractivity contribution is -0.137. The fraction of sp³-hybridized carbons (Fsp3) is 0.188. The van der Waals surface area contributed by atoms with Crippen molar-refractivity contribution < 1.29 is 18.0 Å². The number of rotatable bonds is 3. The molecule has 2 aromatic heterocycles. The minimum Gasteiger partial charge on any atom is -0.347 e. The first-order chi connectivity index (χ1) is 11.7. The lowest BCUT2D eigenvalue weighted by Gasteiger charge is -2.06. The molecule has 1 aromatic carbocycles. The summed E-state index contributed by atoms with van der Waals surface area (Å²) in [6.45, 7) is 1.73. The van der Waals surface area contributed by atoms with Crippen LogP contribution >= 0.6 is 11.3 Å². The number of fused-ring (bicyclic) bond motifs is 1. The number of aromatic nitrogens is 2. The Hall–Kier alpha value is -2.68. The number of alkyl halides is 3. The van der Waals surface area contributed by atoms with Crippen LogP contribution in [0.2, 0.25) is 0 Å². The van der Waals surface area contributed by atoms with Gasteiger partial charge in [0.05, 0.1) is 6.54 Å². The molecule has 9 heteroatoms. The normalized spacial score (nSPS) is 11.7. The summed E-state index contributed by atoms with van der Waals surface area (Å²) in [5.74, 6) is -0.453. The first-order valence-electron chi connectivity index (χ1n) is 7.18. The van der Waals surface area contributed by atoms with Gasteiger partial charge in [0.2, 0.25) is 5.56 Å². The summed E-state index contributed by atoms with van der Waals surface area (Å²) in [7, 11) is 0. The Labute approximate surface area is 143 Å². The van der Waals surface area contributed by atoms with Gasteiger partial charge in [0.15, 0.2) is 5.01 Å². The molecule has 0 spiro atoms. The number of hydrogen-bond donors (Lipinski definition) is 2. The molecule has 0 radical (unpaired) electrons. The van der Waals surface area contributed by atoms with Crippen molar-refractivity contribution in [1.29, 1.82) is 0 Å². The Balaban J connectivity index is 1.76. The lowest BCUT2D eigenvalue weighted by atomic mass is 10.1. The number of H-pyrrole nitrogens is 1. The third-order valence-corrected chi connectivity index (χ3v) is 4.57. The monoisotopic (exact) mass is 367 g/mol. The highest BCUT2D eigenvalue weighted by molar-refractivity contribution is 7.11. The van der Waals surface area contributed by atoms with E-state index < -0.39 is 17.1 Å². The van der Waals surface area contributed by atoms with Crippen molar-refractivity contribution in [2.45, 2.75) is 19.6 Å². The number of benzene rings is 1. The molecule has 0 aliphatic carbocycles. The molecule has 2 heterocycles. The predicted octanol–water partition coefficient (Wildman–Crippen LogP) is 3.24. The Bertz CT molecular complexity index is 1010. The highest BCUT2D eigenvalue weighted by atomic mass is 32.1. The molecule has 130 valence electrons. The Morgan fingerprint density at radius 3 is 2.76 bits per heavy atom. The van der Waals surface area contributed by atoms with Gasteiger partial charge >= 0.3 is 6.18 Å². The lowest BCUT2D eigenvalue weighted by Crippen LogP contribution is -2.22. The molecule has 1 amide bonds. The van der Waals surface area contributed by atoms with E-state index in [-0.39, 0.29) is 12.1 Å². The highest BCUT2D eigenvalue weighted by Gasteiger charge is 2.34. The minimum absolute atomic E-state index is 0.0606. The van der Waals surface area contributed by atoms with E-state index >= 15 is 0 Å². The van der Waals surface area contributed by atoms with Crippen LogP contribution in [0, 0.1) is 6.92 Å². The molecular weight excluding hydrogens is 355 g/mol. The van der Waals surface area contributed by atoms with E-state index in [1.165, 1.54) is 12.1 Å². The van der Waals surface area contributed by atoms with Gasteiger partial charge in [-0.15, -0.1) is 11.3 Å². The van der Waals surface area contributed by atoms with Crippen molar-refractivity contribution >= 4 is 28.1 Å². The van der Waals surface area contributed by atoms with Gasteiger partial charge in [0.1, 0.15) is 0 Å². The fourth-order valence-electron chi connectivity index (χ4n) is 2.37. The van der Waals surface area contributed by atoms with Gasteiger partial charge in [-0.05, 0) is 24.6 Å². The smallest absolute Gasteiger partial charge is 0.347 e. The van der Waals surface area contributed by atoms with Crippen LogP contribution < -0.4 is 10.9 Å². The molecule has 0 saturated heterocycles. The summed E-state index contributed by atoms with van der Waals surface area (Å²) in [5.41, 5.74) is 1.34. The van der Waals surface area contributed by atoms with Crippen molar-refractivity contribution in [2.75, 3.05) is 0 Å². The molecule has 0 bridgehead atoms. The van der Waals surface area contributed by atoms with E-state index in [9.17, 15) is 22.8 Å². The summed E-state index contributed by atoms with van der Waals surface area (Å²) in [5, 5.41) is 2.41. The van der Waals surface area contributed by atoms with Gasteiger partial charge in [-0.25, -0.2) is 4.98 Å². The second kappa shape index (κ2) is 6.32. The minimum atomic E-state index is -4.49. The van der Waals surface area contributed by atoms with Crippen molar-refractivity contribution in [2.24, 2.45) is 0 Å². The summed E-state index contributed by atoms with van der Waals surface area (Å²) in [6.07, 6.45) is -3.40. The van der Waals surface area contributed by atoms with Gasteiger partial charge in [-0.2, -0.15) is 13.2 Å². The number of amides is 1. The number of carbonyl (C=O) groups excluding carboxylic acids is 1. The topological polar surface area (TPSA) is 74.8 Å². The van der Waals surface area contributed by atoms with Crippen LogP contribution in [0.5, 0.6) is 0 Å². The van der Waals surface area contributed by atoms with Crippen LogP contribution in [0.4, 0.5) is 13.2 Å². The maximum Gasteiger partial charge on any atom is 0.443 e. The summed E-state index contributed by atoms with van der Waals surface area (Å²) < 4.78 is 37.5. The molecule has 3 rings (SSSR count). The van der Waals surface area contributed by atoms with Crippen LogP contribution in [-0.2, 0) is 12.7 Å². The third-order valence-electron chi connectivity index (χ3n) is 3.53. The van der Waals surface area contributed by atoms with Gasteiger partial charge in [0, 0.05) is 33.6 Å². The molecule has 25 heavy (non-hydrogen) atoms. The SMILES string of the molecule is Cc1cc(=O)[nH]c2cc(C(=O)NCc3cnc(C(F)(F)F)s3)ccc12. The third kappa shape index (κ3) is 3.71. The van der Waals surface area contributed by atoms with Gasteiger partial charge in [-0.3, -0.25) is 9.59 Å². The number of aryl methyl sites for hydroxylation is 1. The van der Waals surface area contributed by atoms with Crippen molar-refractivity contribution in [3.05, 3.63) is 61.8 Å². The van der Waals surface area contributed by atoms with E-state index in [2.05, 4.69) is 15.3 Å². The maximum atomic E-state index is 12.5. The molecule has 0 unspecified atom stereocenters. The van der Waals surface area contributed by atoms with Crippen LogP contribution in [0.15, 0.2) is 35.3 Å². The van der Waals surface area contributed by atoms with Crippen molar-refractivity contribution in [3.63, 3.8) is 0 Å². The van der Waals surface area contributed by atoms with Crippen molar-refractivity contribution in [3.8, 4) is 0 Å². The van der Waals surface area contributed by atoms with Crippen LogP contribution in [0.25, 0.3) is 10.9 Å². The van der Waals surface area contributed by atoms with E-state index in [1.807, 2.05) is 0 Å². The number of carbonyl (C=O) groups is 1. The molecule has 0 aliphatic heterocycles. The summed E-state index contributed by atoms with van der Waals surface area (Å²) in [6, 6.07) is 6.30. The van der Waals surface area contributed by atoms with Crippen LogP contribution in [0.1, 0.15) is 25.8 Å². The predicted molar refractivity (Wildman–Crippen MR) is 87.6 cm³/mol. The number of pyridine rings is 1. The van der Waals surface area contributed by atoms with Crippen LogP contribution in [0.3, 0.4) is 0 Å². The van der Waals surface area contributed by atoms with Gasteiger partial charge in [-0.1, -0.05) is 6.07 Å². The Morgan fingerprint density at radius 2 is 2.08 bits per heavy atom. The maximum absolute atomic E-state index is 12.5. The van der Waals surface area contributed by atoms with E-state index in [0.29, 0.717) is 27.3 Å². The first kappa shape index (κ1) is 17.2. The Morgan fingerprint density at radius 1 is 1.32 bits per heavy atom. The average molecular weight is 367 g/mol. The van der Waals surface area contributed by atoms with Crippen molar-refractivity contribution in [1.82, 2.24) is 15.3 Å². The summed E-state index contributed by atoms with van der Waals surface area (Å²) >= 11 is 0.485. The average Bonchev–Trinajstić information content (AvgIpc) is 3.01. The summed E-state index contributed by atoms with van der Waals surface area (Å²) in [4.78, 5) is 30.0. The molecule has 0 atom stereocenters. The zero-order valence-corrected chi connectivity index (χ0v) is 13.7. The molecule has 0 saturated carbocycles. The quantitative estimate of drug-likeness (QED) is 0.746. The number of thiazole rings is 1. The Kier molecular flexibility index (Phi) is 4.34. The fourth-order valence-corrected chi connectivity index (χ4v) is 3.08. The highest BCUT2D eigenvalue weighted by Crippen LogP contribution is 2.32. The van der Waals surface area contributed by atoms with E-state index in [4.69, 9.17) is 0 Å². The molecule has 2 N–H and O–H groups in total. The largest absolute Gasteiger partial charge is 0.443 e. The van der Waals surface area contributed by atoms with E-state index in [1.54, 1.807) is 19.1 Å². The molecular formula is C16H12F3N3O2S. The van der Waals surface area contributed by atoms with E-state index in [0.717, 1.165) is 17.1 Å². The number of halogens is 3. The van der Waals surface area contributed by atoms with Crippen LogP contribution in [-0.4, -0.2) is 15.9 Å². The van der Waals surface area contributed by atoms with Gasteiger partial charge in [0.25, 0.3) is 5.91 Å². The molecule has 5 nitrogen and oxygen atoms in total. The zero-order chi connectivity index (χ0) is 18.2. The molecule has 3 aromatic rings. The standard InChI is InChI=1S/C16H12F3N3O2S/c1-8-4-13(23)22-12-5-9(2-3-11(8)12)14(24)20-6-10-7-21-15(25-10)16(17,18)19/h2-5,7H,6H2,1H3,(H,20,24)(H,22,23). The zero-order valence-electron chi connectivity index (χ0n) is 12.9. The molecule has 0 fully saturated rings. The number of aromatic amines is 1. The second-order valence-corrected chi connectivity index (χ2v) is 6.50. The number of nitrogens with one attached hydrogen (secondary N) is 2. The van der Waals surface area contributed by atoms with Gasteiger partial charge < -0.3 is 10.3 Å². The number of hydrogen-bond acceptors (Lipinski definition) is 4. The second-order valence-electron chi connectivity index (χ2n) is 5.39.